The Morgan fingerprint density at radius 2 is 2.06 bits per heavy atom. The summed E-state index contributed by atoms with van der Waals surface area (Å²) in [4.78, 5) is 0. The fourth-order valence-corrected chi connectivity index (χ4v) is 2.20. The predicted octanol–water partition coefficient (Wildman–Crippen LogP) is 1.16. The van der Waals surface area contributed by atoms with Crippen molar-refractivity contribution < 1.29 is 9.52 Å². The molecule has 0 saturated heterocycles. The molecule has 0 amide bonds. The Labute approximate surface area is 95.3 Å². The Morgan fingerprint density at radius 3 is 2.69 bits per heavy atom. The highest BCUT2D eigenvalue weighted by Crippen LogP contribution is 2.27. The van der Waals surface area contributed by atoms with E-state index in [2.05, 4.69) is 15.5 Å². The Bertz CT molecular complexity index is 332. The van der Waals surface area contributed by atoms with Crippen molar-refractivity contribution in [1.82, 2.24) is 15.5 Å². The summed E-state index contributed by atoms with van der Waals surface area (Å²) in [6, 6.07) is 0. The van der Waals surface area contributed by atoms with Crippen molar-refractivity contribution in [2.75, 3.05) is 6.54 Å². The van der Waals surface area contributed by atoms with Gasteiger partial charge in [-0.2, -0.15) is 0 Å². The van der Waals surface area contributed by atoms with Gasteiger partial charge in [0, 0.05) is 13.5 Å². The van der Waals surface area contributed by atoms with E-state index in [1.807, 2.05) is 0 Å². The number of rotatable bonds is 4. The minimum absolute atomic E-state index is 0.531. The van der Waals surface area contributed by atoms with Gasteiger partial charge in [0.1, 0.15) is 0 Å². The molecule has 5 heteroatoms. The van der Waals surface area contributed by atoms with Gasteiger partial charge in [-0.05, 0) is 12.8 Å². The van der Waals surface area contributed by atoms with Gasteiger partial charge in [-0.15, -0.1) is 10.2 Å². The molecule has 0 aromatic carbocycles. The first kappa shape index (κ1) is 11.5. The molecule has 5 nitrogen and oxygen atoms in total. The third-order valence-corrected chi connectivity index (χ3v) is 3.08. The van der Waals surface area contributed by atoms with E-state index in [-0.39, 0.29) is 0 Å². The van der Waals surface area contributed by atoms with Gasteiger partial charge >= 0.3 is 0 Å². The predicted molar refractivity (Wildman–Crippen MR) is 58.8 cm³/mol. The molecule has 90 valence electrons. The number of aryl methyl sites for hydroxylation is 1. The maximum absolute atomic E-state index is 10.2. The number of nitrogens with one attached hydrogen (secondary N) is 1. The van der Waals surface area contributed by atoms with Crippen LogP contribution in [0.1, 0.15) is 43.9 Å². The maximum atomic E-state index is 10.2. The SMILES string of the molecule is Cc1nnc(CNCC2(O)CCCCC2)o1. The van der Waals surface area contributed by atoms with Gasteiger partial charge in [0.15, 0.2) is 0 Å². The molecule has 1 aliphatic carbocycles. The Morgan fingerprint density at radius 1 is 1.31 bits per heavy atom. The summed E-state index contributed by atoms with van der Waals surface area (Å²) in [6.45, 7) is 2.91. The zero-order valence-electron chi connectivity index (χ0n) is 9.70. The first-order valence-corrected chi connectivity index (χ1v) is 5.90. The van der Waals surface area contributed by atoms with Crippen LogP contribution in [0.4, 0.5) is 0 Å². The highest BCUT2D eigenvalue weighted by molar-refractivity contribution is 4.86. The van der Waals surface area contributed by atoms with Crippen molar-refractivity contribution in [3.8, 4) is 0 Å². The second-order valence-corrected chi connectivity index (χ2v) is 4.60. The quantitative estimate of drug-likeness (QED) is 0.804. The molecule has 2 rings (SSSR count). The average Bonchev–Trinajstić information content (AvgIpc) is 2.65. The van der Waals surface area contributed by atoms with Gasteiger partial charge < -0.3 is 14.8 Å². The normalized spacial score (nSPS) is 19.9. The number of aromatic nitrogens is 2. The lowest BCUT2D eigenvalue weighted by atomic mass is 9.85. The van der Waals surface area contributed by atoms with Crippen LogP contribution in [0.25, 0.3) is 0 Å². The van der Waals surface area contributed by atoms with Crippen molar-refractivity contribution in [3.05, 3.63) is 11.8 Å². The van der Waals surface area contributed by atoms with Crippen molar-refractivity contribution in [2.45, 2.75) is 51.2 Å². The molecule has 2 N–H and O–H groups in total. The largest absolute Gasteiger partial charge is 0.424 e. The lowest BCUT2D eigenvalue weighted by Crippen LogP contribution is -2.41. The van der Waals surface area contributed by atoms with Gasteiger partial charge in [0.25, 0.3) is 0 Å². The van der Waals surface area contributed by atoms with Gasteiger partial charge in [-0.1, -0.05) is 19.3 Å². The summed E-state index contributed by atoms with van der Waals surface area (Å²) in [6.07, 6.45) is 5.27. The summed E-state index contributed by atoms with van der Waals surface area (Å²) in [5.74, 6) is 1.16. The molecule has 1 aliphatic rings. The molecule has 1 fully saturated rings. The molecule has 1 aromatic rings. The number of hydrogen-bond donors (Lipinski definition) is 2. The standard InChI is InChI=1S/C11H19N3O2/c1-9-13-14-10(16-9)7-12-8-11(15)5-3-2-4-6-11/h12,15H,2-8H2,1H3. The molecule has 0 radical (unpaired) electrons. The fraction of sp³-hybridized carbons (Fsp3) is 0.818. The lowest BCUT2D eigenvalue weighted by molar-refractivity contribution is 0.00429. The summed E-state index contributed by atoms with van der Waals surface area (Å²) in [5, 5.41) is 21.0. The maximum Gasteiger partial charge on any atom is 0.230 e. The van der Waals surface area contributed by atoms with Gasteiger partial charge in [0.2, 0.25) is 11.8 Å². The van der Waals surface area contributed by atoms with Crippen LogP contribution in [0.5, 0.6) is 0 Å². The second kappa shape index (κ2) is 4.93. The molecule has 0 atom stereocenters. The lowest BCUT2D eigenvalue weighted by Gasteiger charge is -2.32. The van der Waals surface area contributed by atoms with E-state index in [9.17, 15) is 5.11 Å². The highest BCUT2D eigenvalue weighted by Gasteiger charge is 2.28. The van der Waals surface area contributed by atoms with Crippen LogP contribution in [0.3, 0.4) is 0 Å². The second-order valence-electron chi connectivity index (χ2n) is 4.60. The van der Waals surface area contributed by atoms with Crippen LogP contribution >= 0.6 is 0 Å². The van der Waals surface area contributed by atoms with Gasteiger partial charge in [-0.25, -0.2) is 0 Å². The monoisotopic (exact) mass is 225 g/mol. The van der Waals surface area contributed by atoms with Crippen LogP contribution in [0, 0.1) is 6.92 Å². The highest BCUT2D eigenvalue weighted by atomic mass is 16.4. The first-order valence-electron chi connectivity index (χ1n) is 5.90. The van der Waals surface area contributed by atoms with Crippen molar-refractivity contribution >= 4 is 0 Å². The number of hydrogen-bond acceptors (Lipinski definition) is 5. The van der Waals surface area contributed by atoms with Crippen molar-refractivity contribution in [1.29, 1.82) is 0 Å². The van der Waals surface area contributed by atoms with Crippen LogP contribution < -0.4 is 5.32 Å². The third-order valence-electron chi connectivity index (χ3n) is 3.08. The smallest absolute Gasteiger partial charge is 0.230 e. The zero-order valence-corrected chi connectivity index (χ0v) is 9.70. The zero-order chi connectivity index (χ0) is 11.4. The Balaban J connectivity index is 1.74. The van der Waals surface area contributed by atoms with Crippen LogP contribution in [0.15, 0.2) is 4.42 Å². The van der Waals surface area contributed by atoms with Crippen molar-refractivity contribution in [2.24, 2.45) is 0 Å². The van der Waals surface area contributed by atoms with E-state index in [1.165, 1.54) is 6.42 Å². The number of nitrogens with zero attached hydrogens (tertiary/aromatic N) is 2. The van der Waals surface area contributed by atoms with Crippen molar-refractivity contribution in [3.63, 3.8) is 0 Å². The van der Waals surface area contributed by atoms with E-state index < -0.39 is 5.60 Å². The molecule has 0 bridgehead atoms. The molecule has 0 aliphatic heterocycles. The summed E-state index contributed by atoms with van der Waals surface area (Å²) in [7, 11) is 0. The van der Waals surface area contributed by atoms with E-state index in [4.69, 9.17) is 4.42 Å². The van der Waals surface area contributed by atoms with Crippen LogP contribution in [-0.2, 0) is 6.54 Å². The fourth-order valence-electron chi connectivity index (χ4n) is 2.20. The first-order chi connectivity index (χ1) is 7.68. The molecule has 0 unspecified atom stereocenters. The van der Waals surface area contributed by atoms with E-state index in [0.29, 0.717) is 24.9 Å². The van der Waals surface area contributed by atoms with E-state index in [0.717, 1.165) is 25.7 Å². The molecule has 16 heavy (non-hydrogen) atoms. The molecule has 1 heterocycles. The molecule has 1 aromatic heterocycles. The molecule has 1 saturated carbocycles. The minimum Gasteiger partial charge on any atom is -0.424 e. The topological polar surface area (TPSA) is 71.2 Å². The van der Waals surface area contributed by atoms with Gasteiger partial charge in [0.05, 0.1) is 12.1 Å². The summed E-state index contributed by atoms with van der Waals surface area (Å²) >= 11 is 0. The van der Waals surface area contributed by atoms with Crippen LogP contribution in [0.2, 0.25) is 0 Å². The van der Waals surface area contributed by atoms with E-state index >= 15 is 0 Å². The summed E-state index contributed by atoms with van der Waals surface area (Å²) in [5.41, 5.74) is -0.534. The Hall–Kier alpha value is -0.940. The molecular weight excluding hydrogens is 206 g/mol. The number of aliphatic hydroxyl groups is 1. The minimum atomic E-state index is -0.534. The summed E-state index contributed by atoms with van der Waals surface area (Å²) < 4.78 is 5.24. The van der Waals surface area contributed by atoms with E-state index in [1.54, 1.807) is 6.92 Å². The Kier molecular flexibility index (Phi) is 3.56. The average molecular weight is 225 g/mol. The van der Waals surface area contributed by atoms with Gasteiger partial charge in [-0.3, -0.25) is 0 Å². The third kappa shape index (κ3) is 3.02. The van der Waals surface area contributed by atoms with Crippen LogP contribution in [-0.4, -0.2) is 27.4 Å². The molecule has 0 spiro atoms. The molecular formula is C11H19N3O2.